The molecule has 4 rings (SSSR count). The number of anilines is 1. The van der Waals surface area contributed by atoms with Crippen molar-refractivity contribution in [1.29, 1.82) is 0 Å². The van der Waals surface area contributed by atoms with Crippen LogP contribution in [0.5, 0.6) is 5.88 Å². The summed E-state index contributed by atoms with van der Waals surface area (Å²) >= 11 is 5.88. The number of benzene rings is 1. The van der Waals surface area contributed by atoms with Crippen LogP contribution in [-0.2, 0) is 4.74 Å². The van der Waals surface area contributed by atoms with Crippen LogP contribution in [0.25, 0.3) is 0 Å². The first-order chi connectivity index (χ1) is 14.6. The zero-order valence-corrected chi connectivity index (χ0v) is 17.2. The number of carbonyl (C=O) groups excluding carboxylic acids is 2. The van der Waals surface area contributed by atoms with Gasteiger partial charge in [-0.1, -0.05) is 11.6 Å². The Bertz CT molecular complexity index is 902. The lowest BCUT2D eigenvalue weighted by molar-refractivity contribution is 0.0298. The van der Waals surface area contributed by atoms with Gasteiger partial charge in [0.05, 0.1) is 19.8 Å². The summed E-state index contributed by atoms with van der Waals surface area (Å²) in [6.45, 7) is 3.14. The van der Waals surface area contributed by atoms with Crippen molar-refractivity contribution in [3.63, 3.8) is 0 Å². The van der Waals surface area contributed by atoms with Crippen molar-refractivity contribution in [1.82, 2.24) is 14.8 Å². The van der Waals surface area contributed by atoms with Crippen LogP contribution in [0.4, 0.5) is 10.5 Å². The number of nitrogens with one attached hydrogen (secondary N) is 1. The summed E-state index contributed by atoms with van der Waals surface area (Å²) in [5, 5.41) is 3.46. The van der Waals surface area contributed by atoms with Crippen molar-refractivity contribution >= 4 is 29.2 Å². The van der Waals surface area contributed by atoms with E-state index < -0.39 is 0 Å². The lowest BCUT2D eigenvalue weighted by Crippen LogP contribution is -2.41. The van der Waals surface area contributed by atoms with Crippen LogP contribution < -0.4 is 10.1 Å². The number of amides is 3. The van der Waals surface area contributed by atoms with Gasteiger partial charge in [0, 0.05) is 43.0 Å². The second-order valence-electron chi connectivity index (χ2n) is 7.17. The van der Waals surface area contributed by atoms with E-state index >= 15 is 0 Å². The van der Waals surface area contributed by atoms with Gasteiger partial charge in [-0.25, -0.2) is 9.78 Å². The first kappa shape index (κ1) is 20.4. The van der Waals surface area contributed by atoms with Crippen LogP contribution >= 0.6 is 11.6 Å². The number of likely N-dealkylation sites (tertiary alicyclic amines) is 1. The first-order valence-corrected chi connectivity index (χ1v) is 10.3. The van der Waals surface area contributed by atoms with Gasteiger partial charge in [0.15, 0.2) is 0 Å². The highest BCUT2D eigenvalue weighted by Gasteiger charge is 2.30. The molecule has 30 heavy (non-hydrogen) atoms. The molecular weight excluding hydrogens is 408 g/mol. The predicted molar refractivity (Wildman–Crippen MR) is 112 cm³/mol. The highest BCUT2D eigenvalue weighted by Crippen LogP contribution is 2.23. The molecule has 1 aromatic heterocycles. The van der Waals surface area contributed by atoms with Crippen LogP contribution in [0, 0.1) is 0 Å². The average Bonchev–Trinajstić information content (AvgIpc) is 3.24. The molecule has 1 atom stereocenters. The van der Waals surface area contributed by atoms with Crippen LogP contribution in [0.2, 0.25) is 5.02 Å². The number of pyridine rings is 1. The molecule has 1 aromatic carbocycles. The van der Waals surface area contributed by atoms with E-state index in [2.05, 4.69) is 10.3 Å². The third-order valence-electron chi connectivity index (χ3n) is 5.11. The van der Waals surface area contributed by atoms with Gasteiger partial charge in [-0.05, 0) is 36.4 Å². The number of rotatable bonds is 4. The molecular formula is C21H23ClN4O4. The fraction of sp³-hybridized carbons (Fsp3) is 0.381. The molecule has 0 radical (unpaired) electrons. The van der Waals surface area contributed by atoms with Crippen molar-refractivity contribution in [2.45, 2.75) is 12.5 Å². The highest BCUT2D eigenvalue weighted by atomic mass is 35.5. The monoisotopic (exact) mass is 430 g/mol. The Morgan fingerprint density at radius 1 is 1.10 bits per heavy atom. The van der Waals surface area contributed by atoms with Gasteiger partial charge in [0.2, 0.25) is 5.88 Å². The molecule has 0 saturated carbocycles. The van der Waals surface area contributed by atoms with E-state index in [1.54, 1.807) is 52.4 Å². The van der Waals surface area contributed by atoms with Crippen molar-refractivity contribution < 1.29 is 19.1 Å². The number of urea groups is 1. The molecule has 3 heterocycles. The molecule has 2 aromatic rings. The van der Waals surface area contributed by atoms with E-state index in [4.69, 9.17) is 21.1 Å². The minimum absolute atomic E-state index is 0.114. The number of carbonyl (C=O) groups is 2. The summed E-state index contributed by atoms with van der Waals surface area (Å²) in [4.78, 5) is 33.1. The van der Waals surface area contributed by atoms with Crippen molar-refractivity contribution in [3.05, 3.63) is 53.2 Å². The number of hydrogen-bond acceptors (Lipinski definition) is 5. The molecule has 0 spiro atoms. The number of morpholine rings is 1. The molecule has 158 valence electrons. The number of hydrogen-bond donors (Lipinski definition) is 1. The maximum absolute atomic E-state index is 12.9. The Morgan fingerprint density at radius 2 is 1.87 bits per heavy atom. The lowest BCUT2D eigenvalue weighted by atomic mass is 10.2. The Hall–Kier alpha value is -2.84. The molecule has 1 unspecified atom stereocenters. The number of ether oxygens (including phenoxy) is 2. The molecule has 2 saturated heterocycles. The van der Waals surface area contributed by atoms with Gasteiger partial charge < -0.3 is 24.6 Å². The van der Waals surface area contributed by atoms with E-state index in [0.29, 0.717) is 68.0 Å². The molecule has 2 aliphatic heterocycles. The van der Waals surface area contributed by atoms with Gasteiger partial charge in [-0.2, -0.15) is 0 Å². The molecule has 3 amide bonds. The Labute approximate surface area is 179 Å². The number of aromatic nitrogens is 1. The molecule has 2 aliphatic rings. The summed E-state index contributed by atoms with van der Waals surface area (Å²) < 4.78 is 11.4. The molecule has 1 N–H and O–H groups in total. The summed E-state index contributed by atoms with van der Waals surface area (Å²) in [6, 6.07) is 10.2. The van der Waals surface area contributed by atoms with Gasteiger partial charge >= 0.3 is 6.03 Å². The largest absolute Gasteiger partial charge is 0.472 e. The zero-order chi connectivity index (χ0) is 20.9. The van der Waals surface area contributed by atoms with Crippen molar-refractivity contribution in [2.24, 2.45) is 0 Å². The van der Waals surface area contributed by atoms with E-state index in [1.165, 1.54) is 0 Å². The van der Waals surface area contributed by atoms with Crippen LogP contribution in [0.15, 0.2) is 42.6 Å². The van der Waals surface area contributed by atoms with Gasteiger partial charge in [0.25, 0.3) is 5.91 Å². The Morgan fingerprint density at radius 3 is 2.63 bits per heavy atom. The van der Waals surface area contributed by atoms with E-state index in [0.717, 1.165) is 0 Å². The number of halogens is 1. The molecule has 0 aliphatic carbocycles. The SMILES string of the molecule is O=C(Nc1ccc(Cl)cc1)N1CCC(Oc2ncccc2C(=O)N2CCOCC2)C1. The lowest BCUT2D eigenvalue weighted by Gasteiger charge is -2.27. The van der Waals surface area contributed by atoms with Gasteiger partial charge in [-0.3, -0.25) is 4.79 Å². The fourth-order valence-electron chi connectivity index (χ4n) is 3.49. The maximum Gasteiger partial charge on any atom is 0.321 e. The van der Waals surface area contributed by atoms with E-state index in [9.17, 15) is 9.59 Å². The quantitative estimate of drug-likeness (QED) is 0.806. The fourth-order valence-corrected chi connectivity index (χ4v) is 3.61. The van der Waals surface area contributed by atoms with Crippen LogP contribution in [0.1, 0.15) is 16.8 Å². The molecule has 9 heteroatoms. The third kappa shape index (κ3) is 4.83. The Kier molecular flexibility index (Phi) is 6.35. The smallest absolute Gasteiger partial charge is 0.321 e. The van der Waals surface area contributed by atoms with Gasteiger partial charge in [0.1, 0.15) is 11.7 Å². The minimum Gasteiger partial charge on any atom is -0.472 e. The molecule has 2 fully saturated rings. The van der Waals surface area contributed by atoms with Crippen LogP contribution in [-0.4, -0.2) is 72.2 Å². The standard InChI is InChI=1S/C21H23ClN4O4/c22-15-3-5-16(6-4-15)24-21(28)26-9-7-17(14-26)30-19-18(2-1-8-23-19)20(27)25-10-12-29-13-11-25/h1-6,8,17H,7,9-14H2,(H,24,28). The summed E-state index contributed by atoms with van der Waals surface area (Å²) in [5.74, 6) is 0.190. The van der Waals surface area contributed by atoms with Gasteiger partial charge in [-0.15, -0.1) is 0 Å². The summed E-state index contributed by atoms with van der Waals surface area (Å²) in [5.41, 5.74) is 1.11. The van der Waals surface area contributed by atoms with E-state index in [-0.39, 0.29) is 18.0 Å². The second-order valence-corrected chi connectivity index (χ2v) is 7.61. The van der Waals surface area contributed by atoms with E-state index in [1.807, 2.05) is 0 Å². The minimum atomic E-state index is -0.230. The Balaban J connectivity index is 1.37. The van der Waals surface area contributed by atoms with Crippen molar-refractivity contribution in [2.75, 3.05) is 44.7 Å². The summed E-state index contributed by atoms with van der Waals surface area (Å²) in [7, 11) is 0. The topological polar surface area (TPSA) is 84.0 Å². The second kappa shape index (κ2) is 9.32. The number of nitrogens with zero attached hydrogens (tertiary/aromatic N) is 3. The molecule has 0 bridgehead atoms. The zero-order valence-electron chi connectivity index (χ0n) is 16.4. The normalized spacial score (nSPS) is 18.9. The average molecular weight is 431 g/mol. The highest BCUT2D eigenvalue weighted by molar-refractivity contribution is 6.30. The summed E-state index contributed by atoms with van der Waals surface area (Å²) in [6.07, 6.45) is 2.04. The first-order valence-electron chi connectivity index (χ1n) is 9.90. The molecule has 8 nitrogen and oxygen atoms in total. The maximum atomic E-state index is 12.9. The predicted octanol–water partition coefficient (Wildman–Crippen LogP) is 2.89. The van der Waals surface area contributed by atoms with Crippen molar-refractivity contribution in [3.8, 4) is 5.88 Å². The van der Waals surface area contributed by atoms with Crippen LogP contribution in [0.3, 0.4) is 0 Å². The third-order valence-corrected chi connectivity index (χ3v) is 5.36.